The third-order valence-corrected chi connectivity index (χ3v) is 7.04. The van der Waals surface area contributed by atoms with Crippen molar-refractivity contribution in [2.24, 2.45) is 0 Å². The van der Waals surface area contributed by atoms with Gasteiger partial charge in [-0.25, -0.2) is 18.2 Å². The van der Waals surface area contributed by atoms with Crippen molar-refractivity contribution in [2.45, 2.75) is 33.1 Å². The Kier molecular flexibility index (Phi) is 9.01. The van der Waals surface area contributed by atoms with E-state index in [0.717, 1.165) is 31.9 Å². The number of rotatable bonds is 9. The van der Waals surface area contributed by atoms with Crippen LogP contribution < -0.4 is 10.6 Å². The average Bonchev–Trinajstić information content (AvgIpc) is 2.92. The summed E-state index contributed by atoms with van der Waals surface area (Å²) in [5.41, 5.74) is 9.24. The van der Waals surface area contributed by atoms with Gasteiger partial charge in [0, 0.05) is 60.5 Å². The van der Waals surface area contributed by atoms with E-state index in [1.165, 1.54) is 25.1 Å². The summed E-state index contributed by atoms with van der Waals surface area (Å²) in [5.74, 6) is -1.57. The van der Waals surface area contributed by atoms with Gasteiger partial charge in [0.15, 0.2) is 5.78 Å². The molecule has 206 valence electrons. The predicted octanol–water partition coefficient (Wildman–Crippen LogP) is 6.84. The predicted molar refractivity (Wildman–Crippen MR) is 148 cm³/mol. The number of carbonyl (C=O) groups is 1. The van der Waals surface area contributed by atoms with Crippen LogP contribution in [0.3, 0.4) is 0 Å². The molecular formula is C30H32F4N4O. The molecule has 1 fully saturated rings. The first-order valence-electron chi connectivity index (χ1n) is 13.0. The number of allylic oxidation sites excluding steroid dienone is 1. The Labute approximate surface area is 225 Å². The molecular weight excluding hydrogens is 508 g/mol. The molecule has 2 N–H and O–H groups in total. The summed E-state index contributed by atoms with van der Waals surface area (Å²) < 4.78 is 54.3. The number of alkyl halides is 2. The number of pyridine rings is 1. The van der Waals surface area contributed by atoms with Crippen LogP contribution in [-0.2, 0) is 0 Å². The summed E-state index contributed by atoms with van der Waals surface area (Å²) in [7, 11) is 0. The van der Waals surface area contributed by atoms with Gasteiger partial charge in [0.1, 0.15) is 11.6 Å². The van der Waals surface area contributed by atoms with Crippen molar-refractivity contribution < 1.29 is 22.4 Å². The lowest BCUT2D eigenvalue weighted by Gasteiger charge is -2.36. The zero-order valence-electron chi connectivity index (χ0n) is 22.1. The number of nitrogens with two attached hydrogens (primary N) is 1. The highest BCUT2D eigenvalue weighted by molar-refractivity contribution is 5.99. The second-order valence-corrected chi connectivity index (χ2v) is 9.62. The maximum absolute atomic E-state index is 14.9. The molecule has 1 saturated heterocycles. The van der Waals surface area contributed by atoms with Crippen molar-refractivity contribution in [3.05, 3.63) is 71.7 Å². The third kappa shape index (κ3) is 6.65. The number of aromatic nitrogens is 1. The second kappa shape index (κ2) is 12.4. The van der Waals surface area contributed by atoms with Crippen LogP contribution in [0.4, 0.5) is 29.1 Å². The van der Waals surface area contributed by atoms with Crippen LogP contribution in [0.25, 0.3) is 28.1 Å². The van der Waals surface area contributed by atoms with Gasteiger partial charge in [0.2, 0.25) is 12.4 Å². The number of benzene rings is 2. The highest BCUT2D eigenvalue weighted by atomic mass is 19.3. The van der Waals surface area contributed by atoms with Gasteiger partial charge < -0.3 is 10.6 Å². The molecule has 0 amide bonds. The van der Waals surface area contributed by atoms with E-state index in [1.807, 2.05) is 24.3 Å². The molecule has 4 rings (SSSR count). The maximum Gasteiger partial charge on any atom is 0.238 e. The van der Waals surface area contributed by atoms with Gasteiger partial charge in [-0.3, -0.25) is 9.69 Å². The van der Waals surface area contributed by atoms with Gasteiger partial charge in [-0.15, -0.1) is 0 Å². The Morgan fingerprint density at radius 1 is 1.00 bits per heavy atom. The highest BCUT2D eigenvalue weighted by Crippen LogP contribution is 2.35. The lowest BCUT2D eigenvalue weighted by Crippen LogP contribution is -2.46. The van der Waals surface area contributed by atoms with Crippen molar-refractivity contribution in [3.63, 3.8) is 0 Å². The van der Waals surface area contributed by atoms with E-state index in [2.05, 4.69) is 14.8 Å². The topological polar surface area (TPSA) is 62.5 Å². The fourth-order valence-electron chi connectivity index (χ4n) is 4.86. The number of hydrogen-bond donors (Lipinski definition) is 1. The first-order chi connectivity index (χ1) is 18.7. The lowest BCUT2D eigenvalue weighted by molar-refractivity contribution is 0.101. The molecule has 2 aromatic carbocycles. The summed E-state index contributed by atoms with van der Waals surface area (Å²) in [6.45, 7) is 6.72. The van der Waals surface area contributed by atoms with Crippen LogP contribution in [0.2, 0.25) is 0 Å². The standard InChI is InChI=1S/C30H32F4N4O/c1-3-27(31)26-17-21(8-11-23(26)19(2)39)25-18-24(29(34)36-30(25)35)20-6-9-22(10-7-20)38-15-13-37(14-16-38)12-4-5-28(32)33/h3,6-11,17-18,28H,4-5,12-16H2,1-2H3,(H2,35,36)/b27-3+. The molecule has 1 aromatic heterocycles. The van der Waals surface area contributed by atoms with Crippen molar-refractivity contribution in [3.8, 4) is 22.3 Å². The molecule has 0 bridgehead atoms. The summed E-state index contributed by atoms with van der Waals surface area (Å²) in [6.07, 6.45) is -0.564. The fraction of sp³-hybridized carbons (Fsp3) is 0.333. The minimum Gasteiger partial charge on any atom is -0.383 e. The largest absolute Gasteiger partial charge is 0.383 e. The monoisotopic (exact) mass is 540 g/mol. The molecule has 3 aromatic rings. The Balaban J connectivity index is 1.54. The van der Waals surface area contributed by atoms with E-state index in [-0.39, 0.29) is 34.7 Å². The number of piperazine rings is 1. The molecule has 39 heavy (non-hydrogen) atoms. The molecule has 0 spiro atoms. The molecule has 5 nitrogen and oxygen atoms in total. The summed E-state index contributed by atoms with van der Waals surface area (Å²) in [5, 5.41) is 0. The Bertz CT molecular complexity index is 1350. The smallest absolute Gasteiger partial charge is 0.238 e. The number of ketones is 1. The molecule has 0 aliphatic carbocycles. The molecule has 1 aliphatic rings. The van der Waals surface area contributed by atoms with Gasteiger partial charge >= 0.3 is 0 Å². The van der Waals surface area contributed by atoms with E-state index in [0.29, 0.717) is 29.7 Å². The maximum atomic E-state index is 14.9. The molecule has 0 saturated carbocycles. The number of carbonyl (C=O) groups excluding carboxylic acids is 1. The van der Waals surface area contributed by atoms with Gasteiger partial charge in [0.05, 0.1) is 0 Å². The van der Waals surface area contributed by atoms with Gasteiger partial charge in [0.25, 0.3) is 0 Å². The molecule has 0 unspecified atom stereocenters. The second-order valence-electron chi connectivity index (χ2n) is 9.62. The minimum absolute atomic E-state index is 0.0401. The van der Waals surface area contributed by atoms with Crippen molar-refractivity contribution in [2.75, 3.05) is 43.4 Å². The Morgan fingerprint density at radius 2 is 1.67 bits per heavy atom. The summed E-state index contributed by atoms with van der Waals surface area (Å²) in [6, 6.07) is 13.8. The van der Waals surface area contributed by atoms with E-state index < -0.39 is 18.2 Å². The van der Waals surface area contributed by atoms with Crippen LogP contribution in [0.1, 0.15) is 42.6 Å². The van der Waals surface area contributed by atoms with Crippen molar-refractivity contribution in [1.29, 1.82) is 0 Å². The van der Waals surface area contributed by atoms with Gasteiger partial charge in [-0.2, -0.15) is 4.39 Å². The van der Waals surface area contributed by atoms with E-state index in [1.54, 1.807) is 19.1 Å². The zero-order valence-corrected chi connectivity index (χ0v) is 22.1. The van der Waals surface area contributed by atoms with E-state index in [4.69, 9.17) is 5.73 Å². The first-order valence-corrected chi connectivity index (χ1v) is 13.0. The fourth-order valence-corrected chi connectivity index (χ4v) is 4.86. The van der Waals surface area contributed by atoms with Crippen LogP contribution in [0.5, 0.6) is 0 Å². The zero-order chi connectivity index (χ0) is 28.1. The van der Waals surface area contributed by atoms with Gasteiger partial charge in [-0.1, -0.05) is 30.3 Å². The average molecular weight is 541 g/mol. The Hall–Kier alpha value is -3.72. The van der Waals surface area contributed by atoms with E-state index >= 15 is 0 Å². The van der Waals surface area contributed by atoms with E-state index in [9.17, 15) is 22.4 Å². The summed E-state index contributed by atoms with van der Waals surface area (Å²) in [4.78, 5) is 20.3. The molecule has 0 atom stereocenters. The van der Waals surface area contributed by atoms with Crippen LogP contribution >= 0.6 is 0 Å². The number of anilines is 2. The normalized spacial score (nSPS) is 14.7. The van der Waals surface area contributed by atoms with Crippen LogP contribution in [0, 0.1) is 5.95 Å². The number of nitrogen functional groups attached to an aromatic ring is 1. The minimum atomic E-state index is -2.26. The first kappa shape index (κ1) is 28.3. The molecule has 2 heterocycles. The third-order valence-electron chi connectivity index (χ3n) is 7.04. The number of nitrogens with zero attached hydrogens (tertiary/aromatic N) is 3. The van der Waals surface area contributed by atoms with Crippen molar-refractivity contribution >= 4 is 23.1 Å². The number of Topliss-reactive ketones (excluding diaryl/α,β-unsaturated/α-hetero) is 1. The molecule has 1 aliphatic heterocycles. The Morgan fingerprint density at radius 3 is 2.28 bits per heavy atom. The van der Waals surface area contributed by atoms with Crippen molar-refractivity contribution in [1.82, 2.24) is 9.88 Å². The lowest BCUT2D eigenvalue weighted by atomic mass is 9.95. The highest BCUT2D eigenvalue weighted by Gasteiger charge is 2.19. The number of halogens is 4. The summed E-state index contributed by atoms with van der Waals surface area (Å²) >= 11 is 0. The molecule has 9 heteroatoms. The quantitative estimate of drug-likeness (QED) is 0.183. The van der Waals surface area contributed by atoms with Gasteiger partial charge in [-0.05, 0) is 62.2 Å². The number of hydrogen-bond acceptors (Lipinski definition) is 5. The molecule has 0 radical (unpaired) electrons. The van der Waals surface area contributed by atoms with Crippen LogP contribution in [0.15, 0.2) is 54.6 Å². The van der Waals surface area contributed by atoms with Crippen LogP contribution in [-0.4, -0.2) is 54.8 Å². The SMILES string of the molecule is C/C=C(/F)c1cc(-c2cc(-c3ccc(N4CCN(CCCC(F)F)CC4)cc3)c(F)nc2N)ccc1C(C)=O.